The first kappa shape index (κ1) is 10.0. The molecule has 15 heavy (non-hydrogen) atoms. The molecular weight excluding hydrogens is 207 g/mol. The maximum Gasteiger partial charge on any atom is 0.573 e. The van der Waals surface area contributed by atoms with Crippen LogP contribution in [0.2, 0.25) is 0 Å². The summed E-state index contributed by atoms with van der Waals surface area (Å²) >= 11 is 0. The van der Waals surface area contributed by atoms with Crippen molar-refractivity contribution < 1.29 is 17.9 Å². The molecule has 0 fully saturated rings. The Labute approximate surface area is 84.4 Å². The van der Waals surface area contributed by atoms with E-state index in [1.807, 2.05) is 0 Å². The fourth-order valence-corrected chi connectivity index (χ4v) is 1.47. The highest BCUT2D eigenvalue weighted by molar-refractivity contribution is 5.83. The summed E-state index contributed by atoms with van der Waals surface area (Å²) in [4.78, 5) is 3.99. The van der Waals surface area contributed by atoms with Crippen LogP contribution in [0.15, 0.2) is 23.2 Å². The van der Waals surface area contributed by atoms with Crippen molar-refractivity contribution in [1.82, 2.24) is 0 Å². The van der Waals surface area contributed by atoms with E-state index >= 15 is 0 Å². The maximum atomic E-state index is 11.9. The smallest absolute Gasteiger partial charge is 0.406 e. The van der Waals surface area contributed by atoms with Gasteiger partial charge in [-0.3, -0.25) is 4.99 Å². The molecule has 2 nitrogen and oxygen atoms in total. The van der Waals surface area contributed by atoms with Crippen LogP contribution in [0, 0.1) is 0 Å². The van der Waals surface area contributed by atoms with Crippen LogP contribution in [0.4, 0.5) is 13.2 Å². The zero-order chi connectivity index (χ0) is 10.9. The fraction of sp³-hybridized carbons (Fsp3) is 0.300. The van der Waals surface area contributed by atoms with Crippen LogP contribution >= 0.6 is 0 Å². The van der Waals surface area contributed by atoms with E-state index in [4.69, 9.17) is 0 Å². The third-order valence-electron chi connectivity index (χ3n) is 2.09. The Kier molecular flexibility index (Phi) is 2.38. The Balaban J connectivity index is 2.26. The fourth-order valence-electron chi connectivity index (χ4n) is 1.47. The van der Waals surface area contributed by atoms with Crippen molar-refractivity contribution in [3.63, 3.8) is 0 Å². The normalized spacial score (nSPS) is 14.9. The Hall–Kier alpha value is -1.52. The van der Waals surface area contributed by atoms with Gasteiger partial charge in [0.2, 0.25) is 0 Å². The molecule has 5 heteroatoms. The van der Waals surface area contributed by atoms with Gasteiger partial charge in [0.25, 0.3) is 0 Å². The average Bonchev–Trinajstić information content (AvgIpc) is 2.15. The summed E-state index contributed by atoms with van der Waals surface area (Å²) in [6, 6.07) is 4.32. The van der Waals surface area contributed by atoms with E-state index in [0.717, 1.165) is 12.0 Å². The van der Waals surface area contributed by atoms with E-state index in [-0.39, 0.29) is 5.75 Å². The Morgan fingerprint density at radius 1 is 1.27 bits per heavy atom. The summed E-state index contributed by atoms with van der Waals surface area (Å²) in [5.41, 5.74) is 1.70. The van der Waals surface area contributed by atoms with Gasteiger partial charge < -0.3 is 4.74 Å². The monoisotopic (exact) mass is 215 g/mol. The van der Waals surface area contributed by atoms with Crippen LogP contribution in [0.3, 0.4) is 0 Å². The largest absolute Gasteiger partial charge is 0.573 e. The standard InChI is InChI=1S/C10H8F3NO/c11-10(12,13)15-9-2-1-7-3-4-14-6-8(7)5-9/h1-2,5-6H,3-4H2. The van der Waals surface area contributed by atoms with Gasteiger partial charge in [-0.05, 0) is 29.7 Å². The Bertz CT molecular complexity index is 398. The molecule has 2 rings (SSSR count). The van der Waals surface area contributed by atoms with Crippen molar-refractivity contribution in [3.05, 3.63) is 29.3 Å². The van der Waals surface area contributed by atoms with E-state index in [1.165, 1.54) is 12.1 Å². The predicted octanol–water partition coefficient (Wildman–Crippen LogP) is 2.56. The van der Waals surface area contributed by atoms with Crippen LogP contribution < -0.4 is 4.74 Å². The molecule has 1 aromatic carbocycles. The number of rotatable bonds is 1. The van der Waals surface area contributed by atoms with E-state index in [1.54, 1.807) is 12.3 Å². The zero-order valence-electron chi connectivity index (χ0n) is 7.71. The molecule has 0 aliphatic carbocycles. The number of aliphatic imine (C=N–C) groups is 1. The summed E-state index contributed by atoms with van der Waals surface area (Å²) in [7, 11) is 0. The summed E-state index contributed by atoms with van der Waals surface area (Å²) in [6.45, 7) is 0.687. The van der Waals surface area contributed by atoms with Crippen molar-refractivity contribution in [2.75, 3.05) is 6.54 Å². The van der Waals surface area contributed by atoms with E-state index < -0.39 is 6.36 Å². The number of alkyl halides is 3. The molecule has 0 atom stereocenters. The van der Waals surface area contributed by atoms with Gasteiger partial charge in [0.15, 0.2) is 0 Å². The summed E-state index contributed by atoms with van der Waals surface area (Å²) in [5, 5.41) is 0. The molecule has 0 bridgehead atoms. The van der Waals surface area contributed by atoms with Crippen molar-refractivity contribution in [2.45, 2.75) is 12.8 Å². The van der Waals surface area contributed by atoms with Gasteiger partial charge in [-0.2, -0.15) is 0 Å². The number of hydrogen-bond donors (Lipinski definition) is 0. The third-order valence-corrected chi connectivity index (χ3v) is 2.09. The number of hydrogen-bond acceptors (Lipinski definition) is 2. The minimum atomic E-state index is -4.64. The molecule has 1 aromatic rings. The van der Waals surface area contributed by atoms with Crippen LogP contribution in [0.25, 0.3) is 0 Å². The van der Waals surface area contributed by atoms with Crippen molar-refractivity contribution >= 4 is 6.21 Å². The highest BCUT2D eigenvalue weighted by Gasteiger charge is 2.31. The molecule has 1 heterocycles. The highest BCUT2D eigenvalue weighted by atomic mass is 19.4. The average molecular weight is 215 g/mol. The summed E-state index contributed by atoms with van der Waals surface area (Å²) in [6.07, 6.45) is -2.31. The van der Waals surface area contributed by atoms with Gasteiger partial charge in [-0.25, -0.2) is 0 Å². The number of fused-ring (bicyclic) bond motifs is 1. The topological polar surface area (TPSA) is 21.6 Å². The number of nitrogens with zero attached hydrogens (tertiary/aromatic N) is 1. The van der Waals surface area contributed by atoms with Gasteiger partial charge >= 0.3 is 6.36 Å². The van der Waals surface area contributed by atoms with Gasteiger partial charge in [-0.15, -0.1) is 13.2 Å². The molecule has 0 saturated carbocycles. The van der Waals surface area contributed by atoms with Crippen LogP contribution in [-0.4, -0.2) is 19.1 Å². The Morgan fingerprint density at radius 2 is 2.07 bits per heavy atom. The lowest BCUT2D eigenvalue weighted by molar-refractivity contribution is -0.274. The molecule has 0 aromatic heterocycles. The summed E-state index contributed by atoms with van der Waals surface area (Å²) < 4.78 is 39.6. The van der Waals surface area contributed by atoms with Crippen molar-refractivity contribution in [2.24, 2.45) is 4.99 Å². The quantitative estimate of drug-likeness (QED) is 0.705. The van der Waals surface area contributed by atoms with E-state index in [0.29, 0.717) is 12.1 Å². The van der Waals surface area contributed by atoms with Gasteiger partial charge in [0, 0.05) is 12.8 Å². The lowest BCUT2D eigenvalue weighted by Crippen LogP contribution is -2.17. The van der Waals surface area contributed by atoms with Crippen molar-refractivity contribution in [3.8, 4) is 5.75 Å². The SMILES string of the molecule is FC(F)(F)Oc1ccc2c(c1)C=NCC2. The summed E-state index contributed by atoms with van der Waals surface area (Å²) in [5.74, 6) is -0.199. The number of benzene rings is 1. The molecule has 0 amide bonds. The van der Waals surface area contributed by atoms with Crippen LogP contribution in [0.1, 0.15) is 11.1 Å². The molecule has 1 aliphatic rings. The minimum absolute atomic E-state index is 0.199. The van der Waals surface area contributed by atoms with Crippen LogP contribution in [-0.2, 0) is 6.42 Å². The second-order valence-electron chi connectivity index (χ2n) is 3.19. The van der Waals surface area contributed by atoms with Gasteiger partial charge in [0.1, 0.15) is 5.75 Å². The number of ether oxygens (including phenoxy) is 1. The molecule has 0 spiro atoms. The predicted molar refractivity (Wildman–Crippen MR) is 49.3 cm³/mol. The lowest BCUT2D eigenvalue weighted by atomic mass is 10.0. The van der Waals surface area contributed by atoms with Crippen LogP contribution in [0.5, 0.6) is 5.75 Å². The van der Waals surface area contributed by atoms with E-state index in [9.17, 15) is 13.2 Å². The van der Waals surface area contributed by atoms with E-state index in [2.05, 4.69) is 9.73 Å². The third kappa shape index (κ3) is 2.49. The molecule has 80 valence electrons. The first-order valence-electron chi connectivity index (χ1n) is 4.43. The Morgan fingerprint density at radius 3 is 2.80 bits per heavy atom. The molecule has 1 aliphatic heterocycles. The second kappa shape index (κ2) is 3.56. The van der Waals surface area contributed by atoms with Crippen molar-refractivity contribution in [1.29, 1.82) is 0 Å². The minimum Gasteiger partial charge on any atom is -0.406 e. The zero-order valence-corrected chi connectivity index (χ0v) is 7.71. The molecule has 0 N–H and O–H groups in total. The lowest BCUT2D eigenvalue weighted by Gasteiger charge is -2.13. The second-order valence-corrected chi connectivity index (χ2v) is 3.19. The molecular formula is C10H8F3NO. The molecule has 0 radical (unpaired) electrons. The van der Waals surface area contributed by atoms with Gasteiger partial charge in [-0.1, -0.05) is 6.07 Å². The number of halogens is 3. The van der Waals surface area contributed by atoms with Gasteiger partial charge in [0.05, 0.1) is 0 Å². The molecule has 0 unspecified atom stereocenters. The first-order chi connectivity index (χ1) is 7.04. The molecule has 0 saturated heterocycles. The first-order valence-corrected chi connectivity index (χ1v) is 4.43. The maximum absolute atomic E-state index is 11.9. The highest BCUT2D eigenvalue weighted by Crippen LogP contribution is 2.25.